The molecule has 6 nitrogen and oxygen atoms in total. The summed E-state index contributed by atoms with van der Waals surface area (Å²) in [6, 6.07) is 10.3. The Bertz CT molecular complexity index is 957. The number of para-hydroxylation sites is 1. The van der Waals surface area contributed by atoms with Crippen LogP contribution in [0.2, 0.25) is 0 Å². The first-order valence-corrected chi connectivity index (χ1v) is 9.73. The maximum atomic E-state index is 12.5. The van der Waals surface area contributed by atoms with Crippen molar-refractivity contribution in [2.24, 2.45) is 5.92 Å². The summed E-state index contributed by atoms with van der Waals surface area (Å²) in [5.74, 6) is 1.09. The summed E-state index contributed by atoms with van der Waals surface area (Å²) in [6.07, 6.45) is 3.77. The summed E-state index contributed by atoms with van der Waals surface area (Å²) in [7, 11) is 0. The fraction of sp³-hybridized carbons (Fsp3) is 0.409. The Kier molecular flexibility index (Phi) is 5.39. The first kappa shape index (κ1) is 18.6. The summed E-state index contributed by atoms with van der Waals surface area (Å²) < 4.78 is 10.9. The number of hydrogen-bond acceptors (Lipinski definition) is 5. The lowest BCUT2D eigenvalue weighted by Crippen LogP contribution is -2.40. The van der Waals surface area contributed by atoms with Gasteiger partial charge in [0.05, 0.1) is 30.5 Å². The van der Waals surface area contributed by atoms with E-state index in [0.29, 0.717) is 26.1 Å². The molecule has 3 aromatic rings. The smallest absolute Gasteiger partial charge is 0.220 e. The second-order valence-corrected chi connectivity index (χ2v) is 7.47. The van der Waals surface area contributed by atoms with Crippen LogP contribution >= 0.6 is 0 Å². The topological polar surface area (TPSA) is 77.2 Å². The van der Waals surface area contributed by atoms with Gasteiger partial charge in [-0.05, 0) is 44.4 Å². The van der Waals surface area contributed by atoms with Crippen molar-refractivity contribution in [2.75, 3.05) is 13.2 Å². The molecule has 1 fully saturated rings. The Hall–Kier alpha value is -2.73. The highest BCUT2D eigenvalue weighted by molar-refractivity contribution is 5.82. The normalized spacial score (nSPS) is 19.2. The fourth-order valence-electron chi connectivity index (χ4n) is 3.95. The molecular formula is C22H25N3O3. The van der Waals surface area contributed by atoms with E-state index in [4.69, 9.17) is 9.26 Å². The Balaban J connectivity index is 1.39. The molecule has 0 aliphatic carbocycles. The van der Waals surface area contributed by atoms with E-state index in [9.17, 15) is 4.79 Å². The van der Waals surface area contributed by atoms with Crippen molar-refractivity contribution in [3.8, 4) is 0 Å². The second kappa shape index (κ2) is 8.10. The summed E-state index contributed by atoms with van der Waals surface area (Å²) >= 11 is 0. The van der Waals surface area contributed by atoms with E-state index < -0.39 is 0 Å². The van der Waals surface area contributed by atoms with Crippen LogP contribution in [0, 0.1) is 19.8 Å². The number of carbonyl (C=O) groups is 1. The van der Waals surface area contributed by atoms with E-state index in [1.54, 1.807) is 0 Å². The molecule has 1 aromatic carbocycles. The van der Waals surface area contributed by atoms with Crippen molar-refractivity contribution < 1.29 is 14.1 Å². The molecule has 2 atom stereocenters. The minimum Gasteiger partial charge on any atom is -0.379 e. The largest absolute Gasteiger partial charge is 0.379 e. The molecule has 1 amide bonds. The monoisotopic (exact) mass is 379 g/mol. The van der Waals surface area contributed by atoms with Crippen molar-refractivity contribution in [1.82, 2.24) is 15.5 Å². The summed E-state index contributed by atoms with van der Waals surface area (Å²) in [4.78, 5) is 16.9. The van der Waals surface area contributed by atoms with Crippen LogP contribution in [0.3, 0.4) is 0 Å². The number of rotatable bonds is 6. The molecule has 146 valence electrons. The van der Waals surface area contributed by atoms with E-state index in [1.807, 2.05) is 38.2 Å². The van der Waals surface area contributed by atoms with Gasteiger partial charge in [0.15, 0.2) is 0 Å². The van der Waals surface area contributed by atoms with Gasteiger partial charge in [0.1, 0.15) is 5.76 Å². The molecule has 28 heavy (non-hydrogen) atoms. The molecule has 1 N–H and O–H groups in total. The third-order valence-electron chi connectivity index (χ3n) is 5.55. The van der Waals surface area contributed by atoms with Crippen LogP contribution in [0.5, 0.6) is 0 Å². The highest BCUT2D eigenvalue weighted by Crippen LogP contribution is 2.24. The lowest BCUT2D eigenvalue weighted by atomic mass is 9.93. The van der Waals surface area contributed by atoms with Gasteiger partial charge in [-0.25, -0.2) is 0 Å². The predicted molar refractivity (Wildman–Crippen MR) is 106 cm³/mol. The lowest BCUT2D eigenvalue weighted by Gasteiger charge is -2.20. The van der Waals surface area contributed by atoms with Gasteiger partial charge in [0, 0.05) is 29.5 Å². The van der Waals surface area contributed by atoms with Gasteiger partial charge in [0.25, 0.3) is 0 Å². The standard InChI is InChI=1S/C22H25N3O3/c1-14-18(15(2)28-25-14)7-8-22(26)24-21-13-27-12-17(21)11-16-9-10-23-20-6-4-3-5-19(16)20/h3-6,9-10,17,21H,7-8,11-13H2,1-2H3,(H,24,26)/t17-,21+/m1/s1. The van der Waals surface area contributed by atoms with E-state index in [-0.39, 0.29) is 17.9 Å². The van der Waals surface area contributed by atoms with Crippen molar-refractivity contribution in [1.29, 1.82) is 0 Å². The number of aryl methyl sites for hydroxylation is 2. The number of fused-ring (bicyclic) bond motifs is 1. The number of aromatic nitrogens is 2. The molecule has 0 spiro atoms. The Morgan fingerprint density at radius 3 is 2.89 bits per heavy atom. The number of amides is 1. The van der Waals surface area contributed by atoms with E-state index in [0.717, 1.165) is 29.0 Å². The SMILES string of the molecule is Cc1noc(C)c1CCC(=O)N[C@H]1COC[C@H]1Cc1ccnc2ccccc12. The van der Waals surface area contributed by atoms with Crippen LogP contribution in [-0.4, -0.2) is 35.3 Å². The van der Waals surface area contributed by atoms with Gasteiger partial charge < -0.3 is 14.6 Å². The number of benzene rings is 1. The molecule has 1 saturated heterocycles. The van der Waals surface area contributed by atoms with E-state index in [1.165, 1.54) is 10.9 Å². The van der Waals surface area contributed by atoms with Crippen LogP contribution in [0.15, 0.2) is 41.1 Å². The summed E-state index contributed by atoms with van der Waals surface area (Å²) in [5, 5.41) is 8.28. The van der Waals surface area contributed by atoms with E-state index in [2.05, 4.69) is 27.6 Å². The third kappa shape index (κ3) is 3.92. The number of nitrogens with one attached hydrogen (secondary N) is 1. The van der Waals surface area contributed by atoms with Crippen LogP contribution < -0.4 is 5.32 Å². The van der Waals surface area contributed by atoms with Crippen LogP contribution in [0.4, 0.5) is 0 Å². The number of nitrogens with zero attached hydrogens (tertiary/aromatic N) is 2. The molecule has 3 heterocycles. The summed E-state index contributed by atoms with van der Waals surface area (Å²) in [5.41, 5.74) is 4.13. The second-order valence-electron chi connectivity index (χ2n) is 7.47. The first-order chi connectivity index (χ1) is 13.6. The number of pyridine rings is 1. The van der Waals surface area contributed by atoms with Gasteiger partial charge in [-0.3, -0.25) is 9.78 Å². The molecule has 4 rings (SSSR count). The highest BCUT2D eigenvalue weighted by Gasteiger charge is 2.30. The van der Waals surface area contributed by atoms with Gasteiger partial charge in [-0.2, -0.15) is 0 Å². The predicted octanol–water partition coefficient (Wildman–Crippen LogP) is 3.15. The highest BCUT2D eigenvalue weighted by atomic mass is 16.5. The maximum Gasteiger partial charge on any atom is 0.220 e. The number of ether oxygens (including phenoxy) is 1. The zero-order valence-electron chi connectivity index (χ0n) is 16.3. The average Bonchev–Trinajstić information content (AvgIpc) is 3.26. The van der Waals surface area contributed by atoms with Crippen LogP contribution in [0.25, 0.3) is 10.9 Å². The molecule has 0 bridgehead atoms. The van der Waals surface area contributed by atoms with E-state index >= 15 is 0 Å². The first-order valence-electron chi connectivity index (χ1n) is 9.73. The van der Waals surface area contributed by atoms with Gasteiger partial charge in [0.2, 0.25) is 5.91 Å². The Morgan fingerprint density at radius 1 is 1.21 bits per heavy atom. The maximum absolute atomic E-state index is 12.5. The van der Waals surface area contributed by atoms with Crippen molar-refractivity contribution in [2.45, 2.75) is 39.2 Å². The average molecular weight is 379 g/mol. The van der Waals surface area contributed by atoms with Gasteiger partial charge in [-0.15, -0.1) is 0 Å². The summed E-state index contributed by atoms with van der Waals surface area (Å²) in [6.45, 7) is 5.01. The zero-order chi connectivity index (χ0) is 19.5. The van der Waals surface area contributed by atoms with Crippen molar-refractivity contribution in [3.63, 3.8) is 0 Å². The minimum absolute atomic E-state index is 0.0316. The minimum atomic E-state index is 0.0316. The third-order valence-corrected chi connectivity index (χ3v) is 5.55. The van der Waals surface area contributed by atoms with Gasteiger partial charge >= 0.3 is 0 Å². The molecule has 0 radical (unpaired) electrons. The number of carbonyl (C=O) groups excluding carboxylic acids is 1. The molecule has 1 aliphatic heterocycles. The quantitative estimate of drug-likeness (QED) is 0.712. The zero-order valence-corrected chi connectivity index (χ0v) is 16.3. The molecule has 6 heteroatoms. The molecular weight excluding hydrogens is 354 g/mol. The molecule has 0 unspecified atom stereocenters. The fourth-order valence-corrected chi connectivity index (χ4v) is 3.95. The lowest BCUT2D eigenvalue weighted by molar-refractivity contribution is -0.122. The van der Waals surface area contributed by atoms with Crippen molar-refractivity contribution in [3.05, 3.63) is 59.1 Å². The Labute approximate surface area is 164 Å². The number of hydrogen-bond donors (Lipinski definition) is 1. The Morgan fingerprint density at radius 2 is 2.07 bits per heavy atom. The van der Waals surface area contributed by atoms with Crippen LogP contribution in [-0.2, 0) is 22.4 Å². The van der Waals surface area contributed by atoms with Crippen LogP contribution in [0.1, 0.15) is 29.0 Å². The van der Waals surface area contributed by atoms with Gasteiger partial charge in [-0.1, -0.05) is 23.4 Å². The molecule has 2 aromatic heterocycles. The molecule has 1 aliphatic rings. The molecule has 0 saturated carbocycles. The van der Waals surface area contributed by atoms with Crippen molar-refractivity contribution >= 4 is 16.8 Å².